The minimum atomic E-state index is -1.21. The molecule has 2 atom stereocenters. The van der Waals surface area contributed by atoms with Crippen LogP contribution >= 0.6 is 0 Å². The topological polar surface area (TPSA) is 108 Å². The number of hydrogen-bond donors (Lipinski definition) is 1. The van der Waals surface area contributed by atoms with Gasteiger partial charge in [0, 0.05) is 42.4 Å². The average Bonchev–Trinajstić information content (AvgIpc) is 3.42. The molecule has 10 heteroatoms. The number of fused-ring (bicyclic) bond motifs is 11. The number of aromatic nitrogens is 3. The molecular formula is C37H48N4O6. The van der Waals surface area contributed by atoms with E-state index in [4.69, 9.17) is 29.0 Å². The van der Waals surface area contributed by atoms with Gasteiger partial charge in [-0.15, -0.1) is 0 Å². The van der Waals surface area contributed by atoms with Gasteiger partial charge in [0.1, 0.15) is 11.6 Å². The molecule has 1 saturated heterocycles. The minimum absolute atomic E-state index is 0.0428. The quantitative estimate of drug-likeness (QED) is 0.248. The van der Waals surface area contributed by atoms with E-state index in [2.05, 4.69) is 43.0 Å². The van der Waals surface area contributed by atoms with Gasteiger partial charge in [-0.3, -0.25) is 0 Å². The van der Waals surface area contributed by atoms with Crippen molar-refractivity contribution in [1.29, 1.82) is 0 Å². The Kier molecular flexibility index (Phi) is 9.47. The number of hydrogen-bond acceptors (Lipinski definition) is 8. The van der Waals surface area contributed by atoms with E-state index in [1.807, 2.05) is 45.9 Å². The van der Waals surface area contributed by atoms with Gasteiger partial charge >= 0.3 is 5.97 Å². The Hall–Kier alpha value is -3.73. The van der Waals surface area contributed by atoms with Crippen molar-refractivity contribution in [3.8, 4) is 5.75 Å². The van der Waals surface area contributed by atoms with Gasteiger partial charge in [0.25, 0.3) is 0 Å². The fourth-order valence-electron chi connectivity index (χ4n) is 6.69. The summed E-state index contributed by atoms with van der Waals surface area (Å²) in [5, 5.41) is 17.6. The van der Waals surface area contributed by atoms with Gasteiger partial charge in [0.05, 0.1) is 41.8 Å². The molecule has 0 radical (unpaired) electrons. The molecule has 1 fully saturated rings. The highest BCUT2D eigenvalue weighted by atomic mass is 16.5. The van der Waals surface area contributed by atoms with Crippen molar-refractivity contribution in [3.63, 3.8) is 0 Å². The van der Waals surface area contributed by atoms with Gasteiger partial charge < -0.3 is 29.0 Å². The van der Waals surface area contributed by atoms with Crippen LogP contribution in [0.15, 0.2) is 42.5 Å². The molecule has 252 valence electrons. The van der Waals surface area contributed by atoms with Gasteiger partial charge in [0.15, 0.2) is 11.8 Å². The molecule has 7 rings (SSSR count). The Morgan fingerprint density at radius 3 is 2.62 bits per heavy atom. The third kappa shape index (κ3) is 7.40. The van der Waals surface area contributed by atoms with Gasteiger partial charge in [-0.2, -0.15) is 9.61 Å². The van der Waals surface area contributed by atoms with E-state index < -0.39 is 17.7 Å². The van der Waals surface area contributed by atoms with Crippen molar-refractivity contribution in [3.05, 3.63) is 65.0 Å². The van der Waals surface area contributed by atoms with Crippen LogP contribution in [0.25, 0.3) is 16.4 Å². The smallest absolute Gasteiger partial charge is 0.337 e. The SMILES string of the molecule is Cc1nc2cc3nn2c(c1[C@H](OC(C)(C)C)C(=O)O)N1CCC(C)(CC1)OCCCC[C@H](C)Oc1c(ccc2ccccc12)COC3. The third-order valence-corrected chi connectivity index (χ3v) is 9.18. The molecule has 2 aromatic carbocycles. The molecular weight excluding hydrogens is 596 g/mol. The highest BCUT2D eigenvalue weighted by molar-refractivity contribution is 5.89. The number of piperidine rings is 1. The molecule has 4 aromatic rings. The first-order chi connectivity index (χ1) is 22.4. The van der Waals surface area contributed by atoms with Crippen LogP contribution in [0.2, 0.25) is 0 Å². The van der Waals surface area contributed by atoms with Crippen LogP contribution in [-0.2, 0) is 32.2 Å². The summed E-state index contributed by atoms with van der Waals surface area (Å²) in [5.41, 5.74) is 2.49. The molecule has 4 bridgehead atoms. The maximum atomic E-state index is 12.7. The Bertz CT molecular complexity index is 1740. The lowest BCUT2D eigenvalue weighted by molar-refractivity contribution is -0.160. The largest absolute Gasteiger partial charge is 0.490 e. The summed E-state index contributed by atoms with van der Waals surface area (Å²) in [6.07, 6.45) is 3.31. The molecule has 0 aliphatic carbocycles. The van der Waals surface area contributed by atoms with Crippen molar-refractivity contribution >= 4 is 28.2 Å². The number of anilines is 1. The molecule has 5 heterocycles. The second-order valence-corrected chi connectivity index (χ2v) is 14.3. The fraction of sp³-hybridized carbons (Fsp3) is 0.541. The van der Waals surface area contributed by atoms with Crippen LogP contribution in [-0.4, -0.2) is 62.7 Å². The molecule has 0 unspecified atom stereocenters. The number of nitrogens with zero attached hydrogens (tertiary/aromatic N) is 4. The van der Waals surface area contributed by atoms with E-state index in [0.29, 0.717) is 54.7 Å². The van der Waals surface area contributed by atoms with E-state index in [1.54, 1.807) is 4.52 Å². The van der Waals surface area contributed by atoms with E-state index in [0.717, 1.165) is 54.2 Å². The summed E-state index contributed by atoms with van der Waals surface area (Å²) in [6.45, 7) is 14.4. The Balaban J connectivity index is 1.41. The molecule has 0 spiro atoms. The van der Waals surface area contributed by atoms with Gasteiger partial charge in [-0.05, 0) is 79.0 Å². The molecule has 0 amide bonds. The van der Waals surface area contributed by atoms with Crippen LogP contribution in [0.4, 0.5) is 5.82 Å². The molecule has 0 saturated carbocycles. The normalized spacial score (nSPS) is 22.3. The number of rotatable bonds is 3. The Labute approximate surface area is 277 Å². The van der Waals surface area contributed by atoms with Crippen molar-refractivity contribution < 1.29 is 28.8 Å². The van der Waals surface area contributed by atoms with Crippen molar-refractivity contribution in [2.24, 2.45) is 0 Å². The van der Waals surface area contributed by atoms with Crippen molar-refractivity contribution in [2.45, 2.75) is 110 Å². The summed E-state index contributed by atoms with van der Waals surface area (Å²) in [6, 6.07) is 14.4. The second kappa shape index (κ2) is 13.4. The average molecular weight is 645 g/mol. The van der Waals surface area contributed by atoms with Crippen LogP contribution in [0.1, 0.15) is 95.3 Å². The standard InChI is InChI=1S/C37H48N4O6/c1-24-11-9-10-20-45-37(6)16-18-40(19-17-37)34-31(33(35(42)43)47-36(3,4)5)25(2)38-30-21-28(39-41(30)34)23-44-22-27-15-14-26-12-7-8-13-29(26)32(27)46-24/h7-8,12-15,21,24,33H,9-11,16-20,22-23H2,1-6H3,(H,42,43)/t24-,33-/m0/s1. The monoisotopic (exact) mass is 644 g/mol. The highest BCUT2D eigenvalue weighted by Gasteiger charge is 2.37. The Morgan fingerprint density at radius 1 is 1.11 bits per heavy atom. The zero-order valence-corrected chi connectivity index (χ0v) is 28.5. The summed E-state index contributed by atoms with van der Waals surface area (Å²) in [5.74, 6) is 0.498. The zero-order chi connectivity index (χ0) is 33.3. The number of aryl methyl sites for hydroxylation is 1. The fourth-order valence-corrected chi connectivity index (χ4v) is 6.69. The van der Waals surface area contributed by atoms with Crippen LogP contribution < -0.4 is 9.64 Å². The molecule has 1 N–H and O–H groups in total. The van der Waals surface area contributed by atoms with Gasteiger partial charge in [-0.1, -0.05) is 36.4 Å². The van der Waals surface area contributed by atoms with Gasteiger partial charge in [-0.25, -0.2) is 9.78 Å². The second-order valence-electron chi connectivity index (χ2n) is 14.3. The lowest BCUT2D eigenvalue weighted by atomic mass is 9.92. The highest BCUT2D eigenvalue weighted by Crippen LogP contribution is 2.38. The summed E-state index contributed by atoms with van der Waals surface area (Å²) in [7, 11) is 0. The Morgan fingerprint density at radius 2 is 1.87 bits per heavy atom. The minimum Gasteiger partial charge on any atom is -0.490 e. The first-order valence-corrected chi connectivity index (χ1v) is 16.8. The molecule has 47 heavy (non-hydrogen) atoms. The van der Waals surface area contributed by atoms with E-state index in [9.17, 15) is 9.90 Å². The maximum Gasteiger partial charge on any atom is 0.337 e. The number of aliphatic carboxylic acids is 1. The van der Waals surface area contributed by atoms with Gasteiger partial charge in [0.2, 0.25) is 0 Å². The molecule has 2 aromatic heterocycles. The lowest BCUT2D eigenvalue weighted by Gasteiger charge is -2.41. The van der Waals surface area contributed by atoms with Crippen LogP contribution in [0.5, 0.6) is 5.75 Å². The summed E-state index contributed by atoms with van der Waals surface area (Å²) < 4.78 is 27.4. The lowest BCUT2D eigenvalue weighted by Crippen LogP contribution is -2.46. The van der Waals surface area contributed by atoms with Crippen LogP contribution in [0, 0.1) is 6.92 Å². The first kappa shape index (κ1) is 33.2. The van der Waals surface area contributed by atoms with Crippen LogP contribution in [0.3, 0.4) is 0 Å². The maximum absolute atomic E-state index is 12.7. The van der Waals surface area contributed by atoms with E-state index >= 15 is 0 Å². The number of ether oxygens (including phenoxy) is 4. The molecule has 10 nitrogen and oxygen atoms in total. The zero-order valence-electron chi connectivity index (χ0n) is 28.5. The predicted octanol–water partition coefficient (Wildman–Crippen LogP) is 7.18. The third-order valence-electron chi connectivity index (χ3n) is 9.18. The predicted molar refractivity (Wildman–Crippen MR) is 181 cm³/mol. The molecule has 3 aliphatic rings. The first-order valence-electron chi connectivity index (χ1n) is 16.8. The number of carboxylic acids is 1. The molecule has 3 aliphatic heterocycles. The van der Waals surface area contributed by atoms with E-state index in [1.165, 1.54) is 0 Å². The summed E-state index contributed by atoms with van der Waals surface area (Å²) >= 11 is 0. The van der Waals surface area contributed by atoms with E-state index in [-0.39, 0.29) is 18.3 Å². The number of carbonyl (C=O) groups is 1. The van der Waals surface area contributed by atoms with Crippen molar-refractivity contribution in [1.82, 2.24) is 14.6 Å². The van der Waals surface area contributed by atoms with Crippen molar-refractivity contribution in [2.75, 3.05) is 24.6 Å². The number of benzene rings is 2. The number of carboxylic acid groups (broad SMARTS) is 1. The summed E-state index contributed by atoms with van der Waals surface area (Å²) in [4.78, 5) is 19.8.